The molecule has 25 heavy (non-hydrogen) atoms. The van der Waals surface area contributed by atoms with Gasteiger partial charge in [-0.3, -0.25) is 9.59 Å². The molecule has 3 N–H and O–H groups in total. The van der Waals surface area contributed by atoms with Crippen LogP contribution >= 0.6 is 12.4 Å². The summed E-state index contributed by atoms with van der Waals surface area (Å²) in [5.41, 5.74) is 6.61. The van der Waals surface area contributed by atoms with Crippen LogP contribution in [0.3, 0.4) is 0 Å². The van der Waals surface area contributed by atoms with Gasteiger partial charge < -0.3 is 20.5 Å². The van der Waals surface area contributed by atoms with E-state index in [1.165, 1.54) is 12.1 Å². The van der Waals surface area contributed by atoms with Crippen LogP contribution in [0.15, 0.2) is 18.2 Å². The van der Waals surface area contributed by atoms with Gasteiger partial charge in [-0.05, 0) is 24.1 Å². The second-order valence-corrected chi connectivity index (χ2v) is 7.17. The molecule has 6 nitrogen and oxygen atoms in total. The number of halogens is 1. The van der Waals surface area contributed by atoms with Crippen LogP contribution in [-0.4, -0.2) is 54.0 Å². The number of phenols is 1. The molecule has 0 aromatic heterocycles. The van der Waals surface area contributed by atoms with Crippen molar-refractivity contribution < 1.29 is 19.4 Å². The summed E-state index contributed by atoms with van der Waals surface area (Å²) in [6.45, 7) is 7.58. The van der Waals surface area contributed by atoms with Crippen molar-refractivity contribution >= 4 is 24.1 Å². The molecule has 7 heteroatoms. The Morgan fingerprint density at radius 2 is 1.88 bits per heavy atom. The molecule has 140 valence electrons. The van der Waals surface area contributed by atoms with Crippen LogP contribution < -0.4 is 5.73 Å². The standard InChI is InChI=1S/C18H26N2O4.ClH/c1-18(2,3)16(22)14-11-13(21)5-4-12(14)10-15(19)17(23)20-6-8-24-9-7-20;/h4-5,11,15,21H,6-10,19H2,1-3H3;1H/t15-;/m0./s1. The van der Waals surface area contributed by atoms with Gasteiger partial charge >= 0.3 is 0 Å². The van der Waals surface area contributed by atoms with Crippen molar-refractivity contribution in [1.29, 1.82) is 0 Å². The highest BCUT2D eigenvalue weighted by molar-refractivity contribution is 6.01. The summed E-state index contributed by atoms with van der Waals surface area (Å²) in [4.78, 5) is 26.8. The largest absolute Gasteiger partial charge is 0.508 e. The van der Waals surface area contributed by atoms with Crippen molar-refractivity contribution in [2.75, 3.05) is 26.3 Å². The zero-order valence-corrected chi connectivity index (χ0v) is 15.8. The number of nitrogens with two attached hydrogens (primary N) is 1. The zero-order chi connectivity index (χ0) is 17.9. The van der Waals surface area contributed by atoms with Gasteiger partial charge in [-0.1, -0.05) is 26.8 Å². The fourth-order valence-corrected chi connectivity index (χ4v) is 2.70. The Labute approximate surface area is 154 Å². The van der Waals surface area contributed by atoms with Gasteiger partial charge in [0.2, 0.25) is 5.91 Å². The van der Waals surface area contributed by atoms with Crippen molar-refractivity contribution in [1.82, 2.24) is 4.90 Å². The summed E-state index contributed by atoms with van der Waals surface area (Å²) in [5, 5.41) is 9.73. The molecule has 1 aromatic rings. The first kappa shape index (κ1) is 21.4. The highest BCUT2D eigenvalue weighted by atomic mass is 35.5. The maximum Gasteiger partial charge on any atom is 0.239 e. The van der Waals surface area contributed by atoms with Crippen molar-refractivity contribution in [2.24, 2.45) is 11.1 Å². The first-order chi connectivity index (χ1) is 11.2. The second-order valence-electron chi connectivity index (χ2n) is 7.17. The third-order valence-electron chi connectivity index (χ3n) is 4.10. The Kier molecular flexibility index (Phi) is 7.41. The summed E-state index contributed by atoms with van der Waals surface area (Å²) in [7, 11) is 0. The van der Waals surface area contributed by atoms with Gasteiger partial charge in [-0.15, -0.1) is 12.4 Å². The molecule has 0 bridgehead atoms. The van der Waals surface area contributed by atoms with E-state index in [9.17, 15) is 14.7 Å². The number of ketones is 1. The normalized spacial score (nSPS) is 16.1. The third-order valence-corrected chi connectivity index (χ3v) is 4.10. The summed E-state index contributed by atoms with van der Waals surface area (Å²) in [6, 6.07) is 3.91. The predicted octanol–water partition coefficient (Wildman–Crippen LogP) is 1.77. The molecule has 1 fully saturated rings. The lowest BCUT2D eigenvalue weighted by atomic mass is 9.83. The monoisotopic (exact) mass is 370 g/mol. The highest BCUT2D eigenvalue weighted by Gasteiger charge is 2.28. The van der Waals surface area contributed by atoms with E-state index in [2.05, 4.69) is 0 Å². The summed E-state index contributed by atoms with van der Waals surface area (Å²) < 4.78 is 5.24. The number of Topliss-reactive ketones (excluding diaryl/α,β-unsaturated/α-hetero) is 1. The van der Waals surface area contributed by atoms with Gasteiger partial charge in [0, 0.05) is 24.1 Å². The molecule has 1 aliphatic rings. The molecule has 0 saturated carbocycles. The van der Waals surface area contributed by atoms with Crippen molar-refractivity contribution in [3.63, 3.8) is 0 Å². The van der Waals surface area contributed by atoms with Gasteiger partial charge in [-0.2, -0.15) is 0 Å². The lowest BCUT2D eigenvalue weighted by Crippen LogP contribution is -2.49. The van der Waals surface area contributed by atoms with Crippen LogP contribution in [0.1, 0.15) is 36.7 Å². The number of amides is 1. The van der Waals surface area contributed by atoms with Crippen molar-refractivity contribution in [3.05, 3.63) is 29.3 Å². The number of rotatable bonds is 4. The van der Waals surface area contributed by atoms with Crippen LogP contribution in [0.25, 0.3) is 0 Å². The topological polar surface area (TPSA) is 92.9 Å². The Bertz CT molecular complexity index is 622. The summed E-state index contributed by atoms with van der Waals surface area (Å²) >= 11 is 0. The fraction of sp³-hybridized carbons (Fsp3) is 0.556. The van der Waals surface area contributed by atoms with E-state index in [1.54, 1.807) is 11.0 Å². The molecule has 1 amide bonds. The maximum atomic E-state index is 12.6. The number of carbonyl (C=O) groups is 2. The molecule has 0 unspecified atom stereocenters. The molecule has 1 atom stereocenters. The van der Waals surface area contributed by atoms with Gasteiger partial charge in [-0.25, -0.2) is 0 Å². The van der Waals surface area contributed by atoms with Crippen LogP contribution in [0.5, 0.6) is 5.75 Å². The summed E-state index contributed by atoms with van der Waals surface area (Å²) in [6.07, 6.45) is 0.258. The van der Waals surface area contributed by atoms with Crippen LogP contribution in [0.2, 0.25) is 0 Å². The molecule has 1 saturated heterocycles. The Morgan fingerprint density at radius 3 is 2.44 bits per heavy atom. The van der Waals surface area contributed by atoms with Gasteiger partial charge in [0.1, 0.15) is 5.75 Å². The zero-order valence-electron chi connectivity index (χ0n) is 14.9. The Balaban J connectivity index is 0.00000312. The molecule has 1 aliphatic heterocycles. The van der Waals surface area contributed by atoms with E-state index in [4.69, 9.17) is 10.5 Å². The fourth-order valence-electron chi connectivity index (χ4n) is 2.70. The highest BCUT2D eigenvalue weighted by Crippen LogP contribution is 2.26. The number of benzene rings is 1. The number of morpholine rings is 1. The SMILES string of the molecule is CC(C)(C)C(=O)c1cc(O)ccc1C[C@H](N)C(=O)N1CCOCC1.Cl. The number of aromatic hydroxyl groups is 1. The van der Waals surface area contributed by atoms with Gasteiger partial charge in [0.15, 0.2) is 5.78 Å². The second kappa shape index (κ2) is 8.65. The van der Waals surface area contributed by atoms with Gasteiger partial charge in [0.25, 0.3) is 0 Å². The van der Waals surface area contributed by atoms with Crippen LogP contribution in [-0.2, 0) is 16.0 Å². The molecule has 0 aliphatic carbocycles. The number of hydrogen-bond acceptors (Lipinski definition) is 5. The number of nitrogens with zero attached hydrogens (tertiary/aromatic N) is 1. The van der Waals surface area contributed by atoms with E-state index in [0.29, 0.717) is 37.4 Å². The minimum atomic E-state index is -0.723. The minimum absolute atomic E-state index is 0. The molecule has 1 aromatic carbocycles. The first-order valence-corrected chi connectivity index (χ1v) is 8.19. The maximum absolute atomic E-state index is 12.6. The van der Waals surface area contributed by atoms with Crippen LogP contribution in [0.4, 0.5) is 0 Å². The quantitative estimate of drug-likeness (QED) is 0.788. The van der Waals surface area contributed by atoms with Crippen molar-refractivity contribution in [2.45, 2.75) is 33.2 Å². The van der Waals surface area contributed by atoms with E-state index in [-0.39, 0.29) is 36.3 Å². The Hall–Kier alpha value is -1.63. The van der Waals surface area contributed by atoms with E-state index in [1.807, 2.05) is 20.8 Å². The van der Waals surface area contributed by atoms with Gasteiger partial charge in [0.05, 0.1) is 19.3 Å². The van der Waals surface area contributed by atoms with E-state index < -0.39 is 11.5 Å². The van der Waals surface area contributed by atoms with E-state index in [0.717, 1.165) is 0 Å². The first-order valence-electron chi connectivity index (χ1n) is 8.19. The third kappa shape index (κ3) is 5.42. The van der Waals surface area contributed by atoms with E-state index >= 15 is 0 Å². The number of hydrogen-bond donors (Lipinski definition) is 2. The molecular formula is C18H27ClN2O4. The predicted molar refractivity (Wildman–Crippen MR) is 98.2 cm³/mol. The van der Waals surface area contributed by atoms with Crippen molar-refractivity contribution in [3.8, 4) is 5.75 Å². The molecule has 2 rings (SSSR count). The Morgan fingerprint density at radius 1 is 1.28 bits per heavy atom. The molecule has 0 spiro atoms. The molecule has 0 radical (unpaired) electrons. The van der Waals surface area contributed by atoms with Crippen LogP contribution in [0, 0.1) is 5.41 Å². The minimum Gasteiger partial charge on any atom is -0.508 e. The molecule has 1 heterocycles. The lowest BCUT2D eigenvalue weighted by Gasteiger charge is -2.29. The number of phenolic OH excluding ortho intramolecular Hbond substituents is 1. The average Bonchev–Trinajstić information content (AvgIpc) is 2.55. The summed E-state index contributed by atoms with van der Waals surface area (Å²) in [5.74, 6) is -0.195. The number of ether oxygens (including phenoxy) is 1. The molecular weight excluding hydrogens is 344 g/mol. The lowest BCUT2D eigenvalue weighted by molar-refractivity contribution is -0.136. The number of carbonyl (C=O) groups excluding carboxylic acids is 2. The average molecular weight is 371 g/mol. The smallest absolute Gasteiger partial charge is 0.239 e.